The number of thioether (sulfide) groups is 1. The standard InChI is InChI=1S/C31H38N4O2S/c1-7-16-38-29-33-28-32-23-17-31(5,6)18-24(36)26(23)27(35(28)34-29)22-10-8-9-11-25(22)37-19-20-12-14-21(15-13-20)30(2,3)4/h8-15,27H,7,16-19H2,1-6H3,(H,32,33,34). The van der Waals surface area contributed by atoms with Crippen LogP contribution in [0.4, 0.5) is 5.95 Å². The van der Waals surface area contributed by atoms with Crippen LogP contribution in [-0.2, 0) is 16.8 Å². The summed E-state index contributed by atoms with van der Waals surface area (Å²) in [4.78, 5) is 18.4. The average molecular weight is 531 g/mol. The van der Waals surface area contributed by atoms with E-state index in [1.807, 2.05) is 22.9 Å². The first kappa shape index (κ1) is 26.5. The topological polar surface area (TPSA) is 69.0 Å². The summed E-state index contributed by atoms with van der Waals surface area (Å²) in [7, 11) is 0. The highest BCUT2D eigenvalue weighted by molar-refractivity contribution is 7.99. The molecule has 3 aromatic rings. The van der Waals surface area contributed by atoms with Crippen molar-refractivity contribution in [3.63, 3.8) is 0 Å². The monoisotopic (exact) mass is 530 g/mol. The summed E-state index contributed by atoms with van der Waals surface area (Å²) in [6.07, 6.45) is 2.34. The highest BCUT2D eigenvalue weighted by atomic mass is 32.2. The number of carbonyl (C=O) groups excluding carboxylic acids is 1. The molecule has 1 aliphatic heterocycles. The normalized spacial score (nSPS) is 18.6. The molecule has 2 aromatic carbocycles. The Hall–Kier alpha value is -3.06. The maximum Gasteiger partial charge on any atom is 0.227 e. The fourth-order valence-electron chi connectivity index (χ4n) is 5.23. The van der Waals surface area contributed by atoms with Gasteiger partial charge in [0.25, 0.3) is 0 Å². The lowest BCUT2D eigenvalue weighted by Crippen LogP contribution is -2.36. The van der Waals surface area contributed by atoms with E-state index in [9.17, 15) is 4.79 Å². The molecule has 1 N–H and O–H groups in total. The molecule has 1 atom stereocenters. The van der Waals surface area contributed by atoms with Crippen LogP contribution in [0.25, 0.3) is 0 Å². The zero-order valence-corrected chi connectivity index (χ0v) is 24.1. The number of rotatable bonds is 7. The van der Waals surface area contributed by atoms with Crippen LogP contribution in [0.2, 0.25) is 0 Å². The zero-order valence-electron chi connectivity index (χ0n) is 23.3. The van der Waals surface area contributed by atoms with Gasteiger partial charge in [0.05, 0.1) is 0 Å². The average Bonchev–Trinajstić information content (AvgIpc) is 3.26. The maximum atomic E-state index is 13.6. The smallest absolute Gasteiger partial charge is 0.227 e. The molecule has 38 heavy (non-hydrogen) atoms. The molecular formula is C31H38N4O2S. The molecule has 2 heterocycles. The highest BCUT2D eigenvalue weighted by Gasteiger charge is 2.42. The Morgan fingerprint density at radius 1 is 1.11 bits per heavy atom. The van der Waals surface area contributed by atoms with Gasteiger partial charge in [0.15, 0.2) is 5.78 Å². The molecule has 1 unspecified atom stereocenters. The number of hydrogen-bond acceptors (Lipinski definition) is 6. The van der Waals surface area contributed by atoms with E-state index in [0.29, 0.717) is 19.0 Å². The Kier molecular flexibility index (Phi) is 7.16. The lowest BCUT2D eigenvalue weighted by molar-refractivity contribution is -0.118. The molecule has 5 rings (SSSR count). The molecule has 0 bridgehead atoms. The van der Waals surface area contributed by atoms with E-state index in [-0.39, 0.29) is 22.7 Å². The molecule has 0 fully saturated rings. The van der Waals surface area contributed by atoms with Gasteiger partial charge in [-0.05, 0) is 40.9 Å². The van der Waals surface area contributed by atoms with Gasteiger partial charge in [0.1, 0.15) is 18.4 Å². The number of hydrogen-bond donors (Lipinski definition) is 1. The van der Waals surface area contributed by atoms with Gasteiger partial charge in [-0.3, -0.25) is 4.79 Å². The number of fused-ring (bicyclic) bond motifs is 1. The number of nitrogens with one attached hydrogen (secondary N) is 1. The Balaban J connectivity index is 1.51. The first-order valence-electron chi connectivity index (χ1n) is 13.5. The summed E-state index contributed by atoms with van der Waals surface area (Å²) in [6, 6.07) is 16.3. The summed E-state index contributed by atoms with van der Waals surface area (Å²) < 4.78 is 8.31. The van der Waals surface area contributed by atoms with Crippen molar-refractivity contribution in [1.82, 2.24) is 14.8 Å². The molecule has 0 radical (unpaired) electrons. The van der Waals surface area contributed by atoms with Crippen molar-refractivity contribution in [2.45, 2.75) is 84.0 Å². The molecule has 0 saturated heterocycles. The van der Waals surface area contributed by atoms with Crippen LogP contribution < -0.4 is 10.1 Å². The summed E-state index contributed by atoms with van der Waals surface area (Å²) in [5.41, 5.74) is 5.06. The fourth-order valence-corrected chi connectivity index (χ4v) is 5.91. The van der Waals surface area contributed by atoms with Crippen molar-refractivity contribution >= 4 is 23.5 Å². The number of aromatic nitrogens is 3. The van der Waals surface area contributed by atoms with E-state index in [1.165, 1.54) is 5.56 Å². The summed E-state index contributed by atoms with van der Waals surface area (Å²) in [6.45, 7) is 13.5. The second kappa shape index (κ2) is 10.3. The largest absolute Gasteiger partial charge is 0.489 e. The summed E-state index contributed by atoms with van der Waals surface area (Å²) >= 11 is 1.64. The first-order chi connectivity index (χ1) is 18.1. The Morgan fingerprint density at radius 3 is 2.55 bits per heavy atom. The van der Waals surface area contributed by atoms with Gasteiger partial charge in [-0.2, -0.15) is 4.98 Å². The van der Waals surface area contributed by atoms with Crippen LogP contribution in [0.15, 0.2) is 65.0 Å². The Labute approximate surface area is 230 Å². The predicted octanol–water partition coefficient (Wildman–Crippen LogP) is 7.31. The van der Waals surface area contributed by atoms with Crippen molar-refractivity contribution in [2.24, 2.45) is 5.41 Å². The van der Waals surface area contributed by atoms with Gasteiger partial charge in [-0.1, -0.05) is 95.8 Å². The minimum atomic E-state index is -0.382. The molecule has 1 aromatic heterocycles. The van der Waals surface area contributed by atoms with E-state index in [2.05, 4.69) is 77.2 Å². The Morgan fingerprint density at radius 2 is 1.84 bits per heavy atom. The van der Waals surface area contributed by atoms with E-state index >= 15 is 0 Å². The maximum absolute atomic E-state index is 13.6. The molecule has 6 nitrogen and oxygen atoms in total. The van der Waals surface area contributed by atoms with Crippen molar-refractivity contribution < 1.29 is 9.53 Å². The van der Waals surface area contributed by atoms with Crippen LogP contribution in [-0.4, -0.2) is 26.3 Å². The molecule has 0 amide bonds. The second-order valence-corrected chi connectivity index (χ2v) is 13.2. The quantitative estimate of drug-likeness (QED) is 0.323. The van der Waals surface area contributed by atoms with Crippen molar-refractivity contribution in [3.8, 4) is 5.75 Å². The molecule has 1 aliphatic carbocycles. The van der Waals surface area contributed by atoms with E-state index < -0.39 is 0 Å². The van der Waals surface area contributed by atoms with Crippen LogP contribution in [0.1, 0.15) is 83.5 Å². The van der Waals surface area contributed by atoms with Crippen LogP contribution >= 0.6 is 11.8 Å². The molecule has 7 heteroatoms. The summed E-state index contributed by atoms with van der Waals surface area (Å²) in [5.74, 6) is 2.55. The minimum Gasteiger partial charge on any atom is -0.489 e. The number of benzene rings is 2. The van der Waals surface area contributed by atoms with Crippen LogP contribution in [0.5, 0.6) is 5.75 Å². The number of anilines is 1. The van der Waals surface area contributed by atoms with Gasteiger partial charge in [-0.15, -0.1) is 5.10 Å². The van der Waals surface area contributed by atoms with Gasteiger partial charge in [0.2, 0.25) is 11.1 Å². The number of para-hydroxylation sites is 1. The Bertz CT molecular complexity index is 1370. The minimum absolute atomic E-state index is 0.106. The van der Waals surface area contributed by atoms with E-state index in [1.54, 1.807) is 11.8 Å². The van der Waals surface area contributed by atoms with E-state index in [4.69, 9.17) is 14.8 Å². The van der Waals surface area contributed by atoms with Crippen LogP contribution in [0.3, 0.4) is 0 Å². The lowest BCUT2D eigenvalue weighted by atomic mass is 9.73. The number of ether oxygens (including phenoxy) is 1. The molecule has 200 valence electrons. The number of nitrogens with zero attached hydrogens (tertiary/aromatic N) is 3. The third kappa shape index (κ3) is 5.39. The van der Waals surface area contributed by atoms with Gasteiger partial charge in [0, 0.05) is 29.0 Å². The van der Waals surface area contributed by atoms with Crippen molar-refractivity contribution in [2.75, 3.05) is 11.1 Å². The van der Waals surface area contributed by atoms with E-state index in [0.717, 1.165) is 51.9 Å². The highest BCUT2D eigenvalue weighted by Crippen LogP contribution is 2.47. The summed E-state index contributed by atoms with van der Waals surface area (Å²) in [5, 5.41) is 9.06. The second-order valence-electron chi connectivity index (χ2n) is 12.1. The zero-order chi connectivity index (χ0) is 27.1. The third-order valence-electron chi connectivity index (χ3n) is 7.18. The predicted molar refractivity (Wildman–Crippen MR) is 154 cm³/mol. The number of ketones is 1. The van der Waals surface area contributed by atoms with Gasteiger partial charge < -0.3 is 10.1 Å². The van der Waals surface area contributed by atoms with Gasteiger partial charge in [-0.25, -0.2) is 4.68 Å². The van der Waals surface area contributed by atoms with Crippen molar-refractivity contribution in [3.05, 3.63) is 76.5 Å². The number of allylic oxidation sites excluding steroid dienone is 2. The number of carbonyl (C=O) groups is 1. The SMILES string of the molecule is CCCSc1nc2n(n1)C(c1ccccc1OCc1ccc(C(C)(C)C)cc1)C1=C(CC(C)(C)CC1=O)N2. The molecule has 0 spiro atoms. The number of Topliss-reactive ketones (excluding diaryl/α,β-unsaturated/α-hetero) is 1. The molecule has 0 saturated carbocycles. The third-order valence-corrected chi connectivity index (χ3v) is 8.22. The van der Waals surface area contributed by atoms with Crippen LogP contribution in [0, 0.1) is 5.41 Å². The van der Waals surface area contributed by atoms with Crippen molar-refractivity contribution in [1.29, 1.82) is 0 Å². The van der Waals surface area contributed by atoms with Gasteiger partial charge >= 0.3 is 0 Å². The fraction of sp³-hybridized carbons (Fsp3) is 0.452. The lowest BCUT2D eigenvalue weighted by Gasteiger charge is -2.38. The molecular weight excluding hydrogens is 492 g/mol. The first-order valence-corrected chi connectivity index (χ1v) is 14.5. The molecule has 2 aliphatic rings.